The standard InChI is InChI=1S/C21H24N4O/c1-21(2,3)15-9-11-16(12-10-15)24-19-13-20(23-14-22-19)25-17-7-5-6-8-18(17)26-4/h5-14H,1-4H3,(H2,22,23,24,25). The number of nitrogens with zero attached hydrogens (tertiary/aromatic N) is 2. The van der Waals surface area contributed by atoms with Gasteiger partial charge in [0, 0.05) is 11.8 Å². The molecule has 0 aliphatic heterocycles. The van der Waals surface area contributed by atoms with Crippen molar-refractivity contribution in [1.29, 1.82) is 0 Å². The minimum absolute atomic E-state index is 0.138. The van der Waals surface area contributed by atoms with Crippen molar-refractivity contribution in [3.8, 4) is 5.75 Å². The SMILES string of the molecule is COc1ccccc1Nc1cc(Nc2ccc(C(C)(C)C)cc2)ncn1. The second-order valence-electron chi connectivity index (χ2n) is 7.07. The molecule has 0 aliphatic rings. The first kappa shape index (κ1) is 17.7. The molecule has 0 bridgehead atoms. The Morgan fingerprint density at radius 3 is 2.15 bits per heavy atom. The summed E-state index contributed by atoms with van der Waals surface area (Å²) in [5.41, 5.74) is 3.28. The Balaban J connectivity index is 1.75. The van der Waals surface area contributed by atoms with E-state index in [1.807, 2.05) is 30.3 Å². The highest BCUT2D eigenvalue weighted by Gasteiger charge is 2.13. The molecule has 0 saturated heterocycles. The summed E-state index contributed by atoms with van der Waals surface area (Å²) in [6.45, 7) is 6.61. The second-order valence-corrected chi connectivity index (χ2v) is 7.07. The van der Waals surface area contributed by atoms with Crippen molar-refractivity contribution >= 4 is 23.0 Å². The predicted molar refractivity (Wildman–Crippen MR) is 107 cm³/mol. The molecule has 0 amide bonds. The molecule has 0 aliphatic carbocycles. The highest BCUT2D eigenvalue weighted by atomic mass is 16.5. The molecule has 0 unspecified atom stereocenters. The van der Waals surface area contributed by atoms with Crippen LogP contribution < -0.4 is 15.4 Å². The van der Waals surface area contributed by atoms with Crippen LogP contribution in [0.5, 0.6) is 5.75 Å². The van der Waals surface area contributed by atoms with E-state index in [0.29, 0.717) is 5.82 Å². The van der Waals surface area contributed by atoms with Crippen LogP contribution in [0, 0.1) is 0 Å². The van der Waals surface area contributed by atoms with Gasteiger partial charge < -0.3 is 15.4 Å². The maximum atomic E-state index is 5.36. The second kappa shape index (κ2) is 7.44. The normalized spacial score (nSPS) is 11.1. The van der Waals surface area contributed by atoms with Crippen molar-refractivity contribution in [1.82, 2.24) is 9.97 Å². The first-order valence-electron chi connectivity index (χ1n) is 8.55. The Hall–Kier alpha value is -3.08. The minimum atomic E-state index is 0.138. The quantitative estimate of drug-likeness (QED) is 0.658. The number of ether oxygens (including phenoxy) is 1. The maximum absolute atomic E-state index is 5.36. The lowest BCUT2D eigenvalue weighted by Gasteiger charge is -2.19. The molecule has 3 aromatic rings. The van der Waals surface area contributed by atoms with Crippen LogP contribution in [-0.4, -0.2) is 17.1 Å². The minimum Gasteiger partial charge on any atom is -0.495 e. The van der Waals surface area contributed by atoms with Crippen LogP contribution in [-0.2, 0) is 5.41 Å². The van der Waals surface area contributed by atoms with Crippen LogP contribution >= 0.6 is 0 Å². The third kappa shape index (κ3) is 4.30. The van der Waals surface area contributed by atoms with Gasteiger partial charge in [0.25, 0.3) is 0 Å². The topological polar surface area (TPSA) is 59.1 Å². The summed E-state index contributed by atoms with van der Waals surface area (Å²) in [6.07, 6.45) is 1.53. The van der Waals surface area contributed by atoms with Crippen molar-refractivity contribution in [3.05, 3.63) is 66.5 Å². The van der Waals surface area contributed by atoms with Crippen LogP contribution in [0.1, 0.15) is 26.3 Å². The van der Waals surface area contributed by atoms with Gasteiger partial charge >= 0.3 is 0 Å². The molecule has 3 rings (SSSR count). The van der Waals surface area contributed by atoms with E-state index in [4.69, 9.17) is 4.74 Å². The Morgan fingerprint density at radius 2 is 1.50 bits per heavy atom. The Morgan fingerprint density at radius 1 is 0.846 bits per heavy atom. The molecule has 1 aromatic heterocycles. The van der Waals surface area contributed by atoms with E-state index in [9.17, 15) is 0 Å². The number of aromatic nitrogens is 2. The lowest BCUT2D eigenvalue weighted by molar-refractivity contribution is 0.417. The van der Waals surface area contributed by atoms with E-state index in [1.165, 1.54) is 11.9 Å². The third-order valence-corrected chi connectivity index (χ3v) is 4.06. The summed E-state index contributed by atoms with van der Waals surface area (Å²) >= 11 is 0. The number of benzene rings is 2. The lowest BCUT2D eigenvalue weighted by Crippen LogP contribution is -2.10. The van der Waals surface area contributed by atoms with Gasteiger partial charge in [-0.25, -0.2) is 9.97 Å². The predicted octanol–water partition coefficient (Wildman–Crippen LogP) is 5.27. The average molecular weight is 348 g/mol. The van der Waals surface area contributed by atoms with Crippen LogP contribution in [0.4, 0.5) is 23.0 Å². The zero-order chi connectivity index (χ0) is 18.6. The number of nitrogens with one attached hydrogen (secondary N) is 2. The van der Waals surface area contributed by atoms with Crippen LogP contribution in [0.2, 0.25) is 0 Å². The van der Waals surface area contributed by atoms with Crippen LogP contribution in [0.25, 0.3) is 0 Å². The fraction of sp³-hybridized carbons (Fsp3) is 0.238. The first-order valence-corrected chi connectivity index (χ1v) is 8.55. The third-order valence-electron chi connectivity index (χ3n) is 4.06. The molecule has 0 radical (unpaired) electrons. The van der Waals surface area contributed by atoms with Gasteiger partial charge in [0.1, 0.15) is 23.7 Å². The molecule has 0 spiro atoms. The van der Waals surface area contributed by atoms with Gasteiger partial charge in [0.05, 0.1) is 12.8 Å². The molecule has 0 atom stereocenters. The van der Waals surface area contributed by atoms with Gasteiger partial charge in [-0.2, -0.15) is 0 Å². The highest BCUT2D eigenvalue weighted by molar-refractivity contribution is 5.67. The van der Waals surface area contributed by atoms with Crippen LogP contribution in [0.15, 0.2) is 60.9 Å². The van der Waals surface area contributed by atoms with Gasteiger partial charge in [-0.3, -0.25) is 0 Å². The number of methoxy groups -OCH3 is 1. The molecule has 0 saturated carbocycles. The number of hydrogen-bond acceptors (Lipinski definition) is 5. The summed E-state index contributed by atoms with van der Waals surface area (Å²) < 4.78 is 5.36. The van der Waals surface area contributed by atoms with E-state index >= 15 is 0 Å². The fourth-order valence-electron chi connectivity index (χ4n) is 2.58. The van der Waals surface area contributed by atoms with E-state index in [1.54, 1.807) is 7.11 Å². The monoisotopic (exact) mass is 348 g/mol. The van der Waals surface area contributed by atoms with Crippen molar-refractivity contribution in [2.45, 2.75) is 26.2 Å². The lowest BCUT2D eigenvalue weighted by atomic mass is 9.87. The number of para-hydroxylation sites is 2. The molecule has 0 fully saturated rings. The van der Waals surface area contributed by atoms with Crippen molar-refractivity contribution in [3.63, 3.8) is 0 Å². The zero-order valence-corrected chi connectivity index (χ0v) is 15.6. The Labute approximate surface area is 154 Å². The molecule has 1 heterocycles. The zero-order valence-electron chi connectivity index (χ0n) is 15.6. The number of anilines is 4. The fourth-order valence-corrected chi connectivity index (χ4v) is 2.58. The summed E-state index contributed by atoms with van der Waals surface area (Å²) in [6, 6.07) is 18.0. The molecule has 5 nitrogen and oxygen atoms in total. The molecule has 134 valence electrons. The van der Waals surface area contributed by atoms with Gasteiger partial charge in [0.2, 0.25) is 0 Å². The molecular formula is C21H24N4O. The van der Waals surface area contributed by atoms with Gasteiger partial charge in [-0.15, -0.1) is 0 Å². The number of hydrogen-bond donors (Lipinski definition) is 2. The summed E-state index contributed by atoms with van der Waals surface area (Å²) in [5.74, 6) is 2.18. The van der Waals surface area contributed by atoms with E-state index < -0.39 is 0 Å². The van der Waals surface area contributed by atoms with Gasteiger partial charge in [-0.05, 0) is 35.2 Å². The maximum Gasteiger partial charge on any atom is 0.142 e. The van der Waals surface area contributed by atoms with Gasteiger partial charge in [0.15, 0.2) is 0 Å². The van der Waals surface area contributed by atoms with Crippen molar-refractivity contribution in [2.24, 2.45) is 0 Å². The average Bonchev–Trinajstić information content (AvgIpc) is 2.62. The molecular weight excluding hydrogens is 324 g/mol. The number of rotatable bonds is 5. The molecule has 5 heteroatoms. The van der Waals surface area contributed by atoms with Crippen molar-refractivity contribution < 1.29 is 4.74 Å². The Bertz CT molecular complexity index is 870. The smallest absolute Gasteiger partial charge is 0.142 e. The van der Waals surface area contributed by atoms with E-state index in [0.717, 1.165) is 22.9 Å². The highest BCUT2D eigenvalue weighted by Crippen LogP contribution is 2.28. The van der Waals surface area contributed by atoms with E-state index in [2.05, 4.69) is 65.6 Å². The van der Waals surface area contributed by atoms with Gasteiger partial charge in [-0.1, -0.05) is 45.0 Å². The Kier molecular flexibility index (Phi) is 5.07. The molecule has 2 N–H and O–H groups in total. The van der Waals surface area contributed by atoms with Crippen LogP contribution in [0.3, 0.4) is 0 Å². The summed E-state index contributed by atoms with van der Waals surface area (Å²) in [7, 11) is 1.65. The van der Waals surface area contributed by atoms with Crippen molar-refractivity contribution in [2.75, 3.05) is 17.7 Å². The molecule has 26 heavy (non-hydrogen) atoms. The van der Waals surface area contributed by atoms with E-state index in [-0.39, 0.29) is 5.41 Å². The summed E-state index contributed by atoms with van der Waals surface area (Å²) in [4.78, 5) is 8.58. The molecule has 2 aromatic carbocycles. The summed E-state index contributed by atoms with van der Waals surface area (Å²) in [5, 5.41) is 6.58. The largest absolute Gasteiger partial charge is 0.495 e. The first-order chi connectivity index (χ1) is 12.5.